The van der Waals surface area contributed by atoms with Crippen molar-refractivity contribution in [2.45, 2.75) is 20.3 Å². The highest BCUT2D eigenvalue weighted by atomic mass is 35.5. The molecule has 0 unspecified atom stereocenters. The maximum Gasteiger partial charge on any atom is 0.315 e. The molecule has 0 atom stereocenters. The van der Waals surface area contributed by atoms with Crippen molar-refractivity contribution >= 4 is 34.9 Å². The summed E-state index contributed by atoms with van der Waals surface area (Å²) in [5.74, 6) is -2.11. The molecule has 2 aromatic rings. The molecule has 0 aromatic heterocycles. The van der Waals surface area contributed by atoms with Crippen LogP contribution in [0.15, 0.2) is 42.5 Å². The Morgan fingerprint density at radius 3 is 2.37 bits per heavy atom. The van der Waals surface area contributed by atoms with Gasteiger partial charge in [0.2, 0.25) is 5.91 Å². The van der Waals surface area contributed by atoms with E-state index in [-0.39, 0.29) is 18.9 Å². The van der Waals surface area contributed by atoms with E-state index in [9.17, 15) is 18.8 Å². The molecule has 0 spiro atoms. The topological polar surface area (TPSA) is 63.7 Å². The van der Waals surface area contributed by atoms with E-state index in [0.717, 1.165) is 10.5 Å². The van der Waals surface area contributed by atoms with Crippen LogP contribution in [0.4, 0.5) is 10.1 Å². The summed E-state index contributed by atoms with van der Waals surface area (Å²) in [6, 6.07) is 9.90. The van der Waals surface area contributed by atoms with Gasteiger partial charge >= 0.3 is 5.97 Å². The maximum absolute atomic E-state index is 13.2. The third kappa shape index (κ3) is 5.62. The highest BCUT2D eigenvalue weighted by Crippen LogP contribution is 2.20. The van der Waals surface area contributed by atoms with Crippen molar-refractivity contribution in [3.63, 3.8) is 0 Å². The fourth-order valence-corrected chi connectivity index (χ4v) is 2.55. The minimum atomic E-state index is -0.690. The van der Waals surface area contributed by atoms with Crippen LogP contribution in [0.5, 0.6) is 0 Å². The van der Waals surface area contributed by atoms with Crippen LogP contribution in [-0.4, -0.2) is 30.8 Å². The highest BCUT2D eigenvalue weighted by Gasteiger charge is 2.23. The van der Waals surface area contributed by atoms with Gasteiger partial charge in [-0.2, -0.15) is 0 Å². The second-order valence-electron chi connectivity index (χ2n) is 5.83. The number of carbonyl (C=O) groups excluding carboxylic acids is 3. The van der Waals surface area contributed by atoms with Gasteiger partial charge in [0, 0.05) is 16.3 Å². The molecule has 0 saturated carbocycles. The molecule has 5 nitrogen and oxygen atoms in total. The van der Waals surface area contributed by atoms with Gasteiger partial charge in [-0.15, -0.1) is 0 Å². The van der Waals surface area contributed by atoms with Crippen LogP contribution in [0, 0.1) is 12.7 Å². The van der Waals surface area contributed by atoms with Gasteiger partial charge < -0.3 is 9.64 Å². The van der Waals surface area contributed by atoms with Crippen LogP contribution in [0.3, 0.4) is 0 Å². The van der Waals surface area contributed by atoms with Crippen LogP contribution in [0.1, 0.15) is 29.3 Å². The summed E-state index contributed by atoms with van der Waals surface area (Å²) >= 11 is 5.98. The van der Waals surface area contributed by atoms with Gasteiger partial charge in [-0.1, -0.05) is 11.6 Å². The molecule has 0 N–H and O–H groups in total. The SMILES string of the molecule is CCOC(=O)CC(=O)N(CC(=O)c1ccc(Cl)c(C)c1)c1ccc(F)cc1. The molecule has 0 radical (unpaired) electrons. The molecule has 7 heteroatoms. The zero-order valence-electron chi connectivity index (χ0n) is 15.0. The molecular weight excluding hydrogens is 373 g/mol. The standard InChI is InChI=1S/C20H19ClFNO4/c1-3-27-20(26)11-19(25)23(16-7-5-15(22)6-8-16)12-18(24)14-4-9-17(21)13(2)10-14/h4-10H,3,11-12H2,1-2H3. The summed E-state index contributed by atoms with van der Waals surface area (Å²) in [6.07, 6.45) is -0.516. The number of ether oxygens (including phenoxy) is 1. The fraction of sp³-hybridized carbons (Fsp3) is 0.250. The Balaban J connectivity index is 2.26. The number of hydrogen-bond acceptors (Lipinski definition) is 4. The number of carbonyl (C=O) groups is 3. The fourth-order valence-electron chi connectivity index (χ4n) is 2.43. The lowest BCUT2D eigenvalue weighted by Gasteiger charge is -2.22. The second-order valence-corrected chi connectivity index (χ2v) is 6.23. The third-order valence-electron chi connectivity index (χ3n) is 3.82. The normalized spacial score (nSPS) is 10.4. The number of amides is 1. The quantitative estimate of drug-likeness (QED) is 0.407. The molecule has 0 aliphatic rings. The Morgan fingerprint density at radius 1 is 1.11 bits per heavy atom. The Bertz CT molecular complexity index is 852. The maximum atomic E-state index is 13.2. The van der Waals surface area contributed by atoms with E-state index in [2.05, 4.69) is 0 Å². The first kappa shape index (κ1) is 20.6. The number of hydrogen-bond donors (Lipinski definition) is 0. The van der Waals surface area contributed by atoms with E-state index < -0.39 is 24.1 Å². The van der Waals surface area contributed by atoms with E-state index in [1.165, 1.54) is 24.3 Å². The van der Waals surface area contributed by atoms with Crippen molar-refractivity contribution in [2.75, 3.05) is 18.1 Å². The van der Waals surface area contributed by atoms with E-state index in [4.69, 9.17) is 16.3 Å². The molecule has 2 rings (SSSR count). The average Bonchev–Trinajstić information content (AvgIpc) is 2.62. The molecule has 0 aliphatic carbocycles. The minimum absolute atomic E-state index is 0.144. The van der Waals surface area contributed by atoms with E-state index >= 15 is 0 Å². The average molecular weight is 392 g/mol. The Morgan fingerprint density at radius 2 is 1.78 bits per heavy atom. The lowest BCUT2D eigenvalue weighted by Crippen LogP contribution is -2.37. The van der Waals surface area contributed by atoms with Gasteiger partial charge in [-0.3, -0.25) is 14.4 Å². The van der Waals surface area contributed by atoms with E-state index in [0.29, 0.717) is 16.3 Å². The lowest BCUT2D eigenvalue weighted by atomic mass is 10.1. The first-order chi connectivity index (χ1) is 12.8. The molecule has 0 aliphatic heterocycles. The molecule has 27 heavy (non-hydrogen) atoms. The zero-order valence-corrected chi connectivity index (χ0v) is 15.8. The van der Waals surface area contributed by atoms with E-state index in [1.807, 2.05) is 0 Å². The summed E-state index contributed by atoms with van der Waals surface area (Å²) in [5, 5.41) is 0.528. The Hall–Kier alpha value is -2.73. The summed E-state index contributed by atoms with van der Waals surface area (Å²) < 4.78 is 18.0. The van der Waals surface area contributed by atoms with Crippen molar-refractivity contribution in [1.82, 2.24) is 0 Å². The first-order valence-electron chi connectivity index (χ1n) is 8.32. The number of rotatable bonds is 7. The van der Waals surface area contributed by atoms with Crippen molar-refractivity contribution in [2.24, 2.45) is 0 Å². The number of aryl methyl sites for hydroxylation is 1. The van der Waals surface area contributed by atoms with Crippen LogP contribution in [0.2, 0.25) is 5.02 Å². The third-order valence-corrected chi connectivity index (χ3v) is 4.25. The first-order valence-corrected chi connectivity index (χ1v) is 8.70. The van der Waals surface area contributed by atoms with Crippen molar-refractivity contribution in [3.05, 3.63) is 64.4 Å². The van der Waals surface area contributed by atoms with Crippen LogP contribution in [0.25, 0.3) is 0 Å². The summed E-state index contributed by atoms with van der Waals surface area (Å²) in [6.45, 7) is 3.24. The van der Waals surface area contributed by atoms with Crippen LogP contribution in [-0.2, 0) is 14.3 Å². The lowest BCUT2D eigenvalue weighted by molar-refractivity contribution is -0.145. The van der Waals surface area contributed by atoms with Crippen LogP contribution < -0.4 is 4.90 Å². The zero-order chi connectivity index (χ0) is 20.0. The van der Waals surface area contributed by atoms with Crippen molar-refractivity contribution < 1.29 is 23.5 Å². The monoisotopic (exact) mass is 391 g/mol. The molecule has 2 aromatic carbocycles. The Kier molecular flexibility index (Phi) is 7.07. The van der Waals surface area contributed by atoms with E-state index in [1.54, 1.807) is 32.0 Å². The summed E-state index contributed by atoms with van der Waals surface area (Å²) in [7, 11) is 0. The summed E-state index contributed by atoms with van der Waals surface area (Å²) in [4.78, 5) is 38.0. The molecule has 0 heterocycles. The molecular formula is C20H19ClFNO4. The Labute approximate surface area is 161 Å². The number of nitrogens with zero attached hydrogens (tertiary/aromatic N) is 1. The van der Waals surface area contributed by atoms with Gasteiger partial charge in [-0.05, 0) is 61.9 Å². The minimum Gasteiger partial charge on any atom is -0.466 e. The molecule has 0 bridgehead atoms. The molecule has 1 amide bonds. The smallest absolute Gasteiger partial charge is 0.315 e. The van der Waals surface area contributed by atoms with Gasteiger partial charge in [0.15, 0.2) is 5.78 Å². The van der Waals surface area contributed by atoms with Gasteiger partial charge in [0.1, 0.15) is 12.2 Å². The predicted molar refractivity (Wildman–Crippen MR) is 101 cm³/mol. The second kappa shape index (κ2) is 9.28. The van der Waals surface area contributed by atoms with Crippen molar-refractivity contribution in [1.29, 1.82) is 0 Å². The number of anilines is 1. The number of esters is 1. The molecule has 0 fully saturated rings. The number of ketones is 1. The van der Waals surface area contributed by atoms with Crippen molar-refractivity contribution in [3.8, 4) is 0 Å². The van der Waals surface area contributed by atoms with Gasteiger partial charge in [0.25, 0.3) is 0 Å². The number of halogens is 2. The number of benzene rings is 2. The molecule has 142 valence electrons. The van der Waals surface area contributed by atoms with Crippen LogP contribution >= 0.6 is 11.6 Å². The molecule has 0 saturated heterocycles. The van der Waals surface area contributed by atoms with Gasteiger partial charge in [-0.25, -0.2) is 4.39 Å². The predicted octanol–water partition coefficient (Wildman–Crippen LogP) is 3.96. The number of Topliss-reactive ketones (excluding diaryl/α,β-unsaturated/α-hetero) is 1. The highest BCUT2D eigenvalue weighted by molar-refractivity contribution is 6.31. The van der Waals surface area contributed by atoms with Gasteiger partial charge in [0.05, 0.1) is 13.2 Å². The summed E-state index contributed by atoms with van der Waals surface area (Å²) in [5.41, 5.74) is 1.42. The largest absolute Gasteiger partial charge is 0.466 e.